The maximum absolute atomic E-state index is 12.8. The van der Waals surface area contributed by atoms with Gasteiger partial charge in [0.05, 0.1) is 13.0 Å². The number of ether oxygens (including phenoxy) is 1. The molecule has 1 spiro atoms. The minimum Gasteiger partial charge on any atom is -0.460 e. The van der Waals surface area contributed by atoms with Crippen LogP contribution in [0.25, 0.3) is 0 Å². The number of piperazine rings is 1. The largest absolute Gasteiger partial charge is 0.460 e. The zero-order chi connectivity index (χ0) is 20.4. The summed E-state index contributed by atoms with van der Waals surface area (Å²) in [5.74, 6) is -0.622. The highest BCUT2D eigenvalue weighted by molar-refractivity contribution is 5.98. The van der Waals surface area contributed by atoms with E-state index in [1.807, 2.05) is 51.1 Å². The summed E-state index contributed by atoms with van der Waals surface area (Å²) >= 11 is 0. The third kappa shape index (κ3) is 4.29. The van der Waals surface area contributed by atoms with E-state index in [0.29, 0.717) is 25.9 Å². The molecule has 2 fully saturated rings. The molecular formula is C21H29N3O4. The summed E-state index contributed by atoms with van der Waals surface area (Å²) in [7, 11) is 0. The van der Waals surface area contributed by atoms with Crippen LogP contribution in [0.2, 0.25) is 0 Å². The number of hydrogen-bond acceptors (Lipinski definition) is 5. The third-order valence-electron chi connectivity index (χ3n) is 5.31. The summed E-state index contributed by atoms with van der Waals surface area (Å²) < 4.78 is 5.36. The highest BCUT2D eigenvalue weighted by atomic mass is 16.6. The minimum absolute atomic E-state index is 0.0166. The minimum atomic E-state index is -0.886. The molecule has 0 saturated carbocycles. The fourth-order valence-corrected chi connectivity index (χ4v) is 3.98. The van der Waals surface area contributed by atoms with Crippen LogP contribution in [0, 0.1) is 0 Å². The van der Waals surface area contributed by atoms with Gasteiger partial charge in [-0.1, -0.05) is 18.2 Å². The van der Waals surface area contributed by atoms with E-state index in [0.717, 1.165) is 5.69 Å². The average molecular weight is 387 g/mol. The monoisotopic (exact) mass is 387 g/mol. The van der Waals surface area contributed by atoms with Crippen LogP contribution >= 0.6 is 0 Å². The van der Waals surface area contributed by atoms with Crippen molar-refractivity contribution in [3.63, 3.8) is 0 Å². The van der Waals surface area contributed by atoms with E-state index >= 15 is 0 Å². The molecule has 28 heavy (non-hydrogen) atoms. The number of nitrogens with zero attached hydrogens (tertiary/aromatic N) is 2. The first-order valence-electron chi connectivity index (χ1n) is 9.82. The fraction of sp³-hybridized carbons (Fsp3) is 0.571. The smallest absolute Gasteiger partial charge is 0.308 e. The zero-order valence-corrected chi connectivity index (χ0v) is 16.9. The molecule has 2 saturated heterocycles. The number of para-hydroxylation sites is 1. The first kappa shape index (κ1) is 20.2. The van der Waals surface area contributed by atoms with E-state index in [-0.39, 0.29) is 37.3 Å². The summed E-state index contributed by atoms with van der Waals surface area (Å²) in [5, 5.41) is 2.74. The van der Waals surface area contributed by atoms with Gasteiger partial charge in [0.15, 0.2) is 0 Å². The van der Waals surface area contributed by atoms with E-state index in [1.54, 1.807) is 4.90 Å². The van der Waals surface area contributed by atoms with Crippen LogP contribution in [0.15, 0.2) is 30.3 Å². The molecule has 7 nitrogen and oxygen atoms in total. The summed E-state index contributed by atoms with van der Waals surface area (Å²) in [5.41, 5.74) is -0.345. The number of rotatable bonds is 4. The standard InChI is InChI=1S/C21H29N3O4/c1-20(2,3)28-18(26)9-12-24-17(25)15-22-19(27)21(24)10-13-23(14-11-21)16-7-5-4-6-8-16/h4-8H,9-15H2,1-3H3,(H,22,27). The Morgan fingerprint density at radius 2 is 1.79 bits per heavy atom. The van der Waals surface area contributed by atoms with Crippen LogP contribution in [-0.4, -0.2) is 60.0 Å². The molecule has 1 N–H and O–H groups in total. The molecule has 0 radical (unpaired) electrons. The van der Waals surface area contributed by atoms with E-state index in [9.17, 15) is 14.4 Å². The van der Waals surface area contributed by atoms with Crippen molar-refractivity contribution in [3.05, 3.63) is 30.3 Å². The number of amides is 2. The number of benzene rings is 1. The molecule has 2 heterocycles. The summed E-state index contributed by atoms with van der Waals surface area (Å²) in [6, 6.07) is 10.0. The molecule has 7 heteroatoms. The number of hydrogen-bond donors (Lipinski definition) is 1. The normalized spacial score (nSPS) is 19.5. The van der Waals surface area contributed by atoms with Crippen LogP contribution in [-0.2, 0) is 19.1 Å². The van der Waals surface area contributed by atoms with E-state index in [2.05, 4.69) is 10.2 Å². The van der Waals surface area contributed by atoms with Crippen molar-refractivity contribution in [2.75, 3.05) is 31.1 Å². The van der Waals surface area contributed by atoms with E-state index in [1.165, 1.54) is 0 Å². The molecule has 2 aliphatic heterocycles. The maximum atomic E-state index is 12.8. The predicted molar refractivity (Wildman–Crippen MR) is 106 cm³/mol. The lowest BCUT2D eigenvalue weighted by atomic mass is 9.82. The highest BCUT2D eigenvalue weighted by Crippen LogP contribution is 2.33. The Labute approximate surface area is 166 Å². The Bertz CT molecular complexity index is 734. The summed E-state index contributed by atoms with van der Waals surface area (Å²) in [4.78, 5) is 41.4. The lowest BCUT2D eigenvalue weighted by Crippen LogP contribution is -2.70. The van der Waals surface area contributed by atoms with E-state index in [4.69, 9.17) is 4.74 Å². The topological polar surface area (TPSA) is 79.0 Å². The zero-order valence-electron chi connectivity index (χ0n) is 16.9. The van der Waals surface area contributed by atoms with Gasteiger partial charge in [0, 0.05) is 25.3 Å². The highest BCUT2D eigenvalue weighted by Gasteiger charge is 2.50. The molecular weight excluding hydrogens is 358 g/mol. The second kappa shape index (κ2) is 7.81. The number of piperidine rings is 1. The van der Waals surface area contributed by atoms with Crippen LogP contribution in [0.4, 0.5) is 5.69 Å². The van der Waals surface area contributed by atoms with Crippen LogP contribution < -0.4 is 10.2 Å². The Balaban J connectivity index is 1.71. The van der Waals surface area contributed by atoms with Gasteiger partial charge < -0.3 is 19.9 Å². The third-order valence-corrected chi connectivity index (χ3v) is 5.31. The van der Waals surface area contributed by atoms with Gasteiger partial charge in [0.25, 0.3) is 0 Å². The van der Waals surface area contributed by atoms with Crippen LogP contribution in [0.5, 0.6) is 0 Å². The van der Waals surface area contributed by atoms with Crippen LogP contribution in [0.1, 0.15) is 40.0 Å². The van der Waals surface area contributed by atoms with Crippen molar-refractivity contribution in [1.29, 1.82) is 0 Å². The number of nitrogens with one attached hydrogen (secondary N) is 1. The van der Waals surface area contributed by atoms with Gasteiger partial charge in [0.2, 0.25) is 11.8 Å². The van der Waals surface area contributed by atoms with Crippen LogP contribution in [0.3, 0.4) is 0 Å². The van der Waals surface area contributed by atoms with Crippen molar-refractivity contribution < 1.29 is 19.1 Å². The van der Waals surface area contributed by atoms with Gasteiger partial charge in [0.1, 0.15) is 11.1 Å². The molecule has 2 amide bonds. The summed E-state index contributed by atoms with van der Waals surface area (Å²) in [6.45, 7) is 6.96. The van der Waals surface area contributed by atoms with Gasteiger partial charge in [-0.25, -0.2) is 0 Å². The fourth-order valence-electron chi connectivity index (χ4n) is 3.98. The molecule has 152 valence electrons. The van der Waals surface area contributed by atoms with Crippen molar-refractivity contribution in [3.8, 4) is 0 Å². The second-order valence-electron chi connectivity index (χ2n) is 8.42. The average Bonchev–Trinajstić information content (AvgIpc) is 2.65. The Morgan fingerprint density at radius 1 is 1.14 bits per heavy atom. The van der Waals surface area contributed by atoms with Gasteiger partial charge in [-0.2, -0.15) is 0 Å². The SMILES string of the molecule is CC(C)(C)OC(=O)CCN1C(=O)CNC(=O)C12CCN(c1ccccc1)CC2. The Kier molecular flexibility index (Phi) is 5.63. The van der Waals surface area contributed by atoms with Gasteiger partial charge in [-0.3, -0.25) is 14.4 Å². The lowest BCUT2D eigenvalue weighted by Gasteiger charge is -2.50. The van der Waals surface area contributed by atoms with E-state index < -0.39 is 11.1 Å². The molecule has 0 aromatic heterocycles. The predicted octanol–water partition coefficient (Wildman–Crippen LogP) is 1.72. The Hall–Kier alpha value is -2.57. The number of anilines is 1. The van der Waals surface area contributed by atoms with Gasteiger partial charge in [-0.05, 0) is 45.7 Å². The van der Waals surface area contributed by atoms with Gasteiger partial charge >= 0.3 is 5.97 Å². The number of esters is 1. The molecule has 2 aliphatic rings. The molecule has 0 aliphatic carbocycles. The Morgan fingerprint density at radius 3 is 2.39 bits per heavy atom. The van der Waals surface area contributed by atoms with Crippen molar-refractivity contribution in [2.24, 2.45) is 0 Å². The summed E-state index contributed by atoms with van der Waals surface area (Å²) in [6.07, 6.45) is 1.15. The van der Waals surface area contributed by atoms with Crippen molar-refractivity contribution >= 4 is 23.5 Å². The quantitative estimate of drug-likeness (QED) is 0.796. The first-order valence-corrected chi connectivity index (χ1v) is 9.82. The maximum Gasteiger partial charge on any atom is 0.308 e. The number of carbonyl (C=O) groups is 3. The second-order valence-corrected chi connectivity index (χ2v) is 8.42. The molecule has 1 aromatic rings. The molecule has 0 atom stereocenters. The lowest BCUT2D eigenvalue weighted by molar-refractivity contribution is -0.160. The van der Waals surface area contributed by atoms with Crippen molar-refractivity contribution in [2.45, 2.75) is 51.2 Å². The molecule has 0 bridgehead atoms. The van der Waals surface area contributed by atoms with Crippen molar-refractivity contribution in [1.82, 2.24) is 10.2 Å². The van der Waals surface area contributed by atoms with Gasteiger partial charge in [-0.15, -0.1) is 0 Å². The molecule has 0 unspecified atom stereocenters. The number of carbonyl (C=O) groups excluding carboxylic acids is 3. The molecule has 3 rings (SSSR count). The molecule has 1 aromatic carbocycles. The first-order chi connectivity index (χ1) is 13.2.